The zero-order valence-electron chi connectivity index (χ0n) is 16.2. The van der Waals surface area contributed by atoms with Gasteiger partial charge in [0.05, 0.1) is 11.5 Å². The fraction of sp³-hybridized carbons (Fsp3) is 0.136. The number of carbonyl (C=O) groups excluding carboxylic acids is 1. The molecule has 140 valence electrons. The fourth-order valence-corrected chi connectivity index (χ4v) is 2.67. The molecule has 7 heteroatoms. The van der Waals surface area contributed by atoms with E-state index in [0.717, 1.165) is 11.1 Å². The molecule has 1 atom stereocenters. The molecule has 0 aliphatic carbocycles. The minimum Gasteiger partial charge on any atom is -0.546 e. The molecule has 0 spiro atoms. The van der Waals surface area contributed by atoms with Crippen LogP contribution in [0.25, 0.3) is 0 Å². The van der Waals surface area contributed by atoms with Crippen molar-refractivity contribution in [3.63, 3.8) is 0 Å². The molecule has 0 aliphatic heterocycles. The molecule has 0 saturated carbocycles. The molecule has 0 fully saturated rings. The molecule has 1 heterocycles. The van der Waals surface area contributed by atoms with Gasteiger partial charge in [-0.1, -0.05) is 24.3 Å². The molecule has 0 radical (unpaired) electrons. The molecule has 0 aliphatic rings. The molecule has 1 aromatic heterocycles. The maximum absolute atomic E-state index is 11.7. The summed E-state index contributed by atoms with van der Waals surface area (Å²) in [6.07, 6.45) is 1.99. The van der Waals surface area contributed by atoms with Gasteiger partial charge >= 0.3 is 29.6 Å². The number of carboxylic acid groups (broad SMARTS) is 1. The molecule has 2 aromatic carbocycles. The summed E-state index contributed by atoms with van der Waals surface area (Å²) in [5, 5.41) is 21.0. The largest absolute Gasteiger partial charge is 1.00 e. The number of aromatic nitrogens is 1. The predicted octanol–water partition coefficient (Wildman–Crippen LogP) is -0.285. The van der Waals surface area contributed by atoms with E-state index in [-0.39, 0.29) is 40.9 Å². The summed E-state index contributed by atoms with van der Waals surface area (Å²) in [6.45, 7) is 2.09. The fourth-order valence-electron chi connectivity index (χ4n) is 2.67. The Morgan fingerprint density at radius 3 is 2.55 bits per heavy atom. The summed E-state index contributed by atoms with van der Waals surface area (Å²) in [5.74, 6) is -0.818. The van der Waals surface area contributed by atoms with Crippen LogP contribution in [0.3, 0.4) is 0 Å². The Hall–Kier alpha value is -2.85. The standard InChI is InChI=1S/C22H18N2O4.Na/c1-15-4-2-3-5-19(15)21(22(25)26)28-20-12-18(7-6-17(20)13-23)27-14-16-8-10-24-11-9-16;/h2-12,21H,14H2,1H3,(H,25,26);/q;+1/p-1/t21-;/m0./s1. The van der Waals surface area contributed by atoms with Crippen molar-refractivity contribution in [3.8, 4) is 17.6 Å². The number of rotatable bonds is 7. The van der Waals surface area contributed by atoms with Gasteiger partial charge in [-0.05, 0) is 42.3 Å². The number of carboxylic acids is 1. The van der Waals surface area contributed by atoms with E-state index in [1.54, 1.807) is 49.6 Å². The van der Waals surface area contributed by atoms with Crippen molar-refractivity contribution in [3.05, 3.63) is 89.2 Å². The first-order chi connectivity index (χ1) is 13.6. The molecule has 0 unspecified atom stereocenters. The van der Waals surface area contributed by atoms with Gasteiger partial charge in [0.1, 0.15) is 24.2 Å². The van der Waals surface area contributed by atoms with Gasteiger partial charge in [-0.3, -0.25) is 4.98 Å². The molecule has 3 rings (SSSR count). The van der Waals surface area contributed by atoms with Gasteiger partial charge in [-0.2, -0.15) is 5.26 Å². The van der Waals surface area contributed by atoms with Crippen molar-refractivity contribution in [1.29, 1.82) is 5.26 Å². The zero-order chi connectivity index (χ0) is 19.9. The smallest absolute Gasteiger partial charge is 0.546 e. The molecule has 3 aromatic rings. The second kappa shape index (κ2) is 10.6. The maximum atomic E-state index is 11.7. The number of carbonyl (C=O) groups is 1. The minimum absolute atomic E-state index is 0. The molecular formula is C22H17N2NaO4. The van der Waals surface area contributed by atoms with E-state index >= 15 is 0 Å². The normalized spacial score (nSPS) is 10.9. The van der Waals surface area contributed by atoms with Gasteiger partial charge in [-0.25, -0.2) is 0 Å². The summed E-state index contributed by atoms with van der Waals surface area (Å²) < 4.78 is 11.4. The van der Waals surface area contributed by atoms with E-state index < -0.39 is 12.1 Å². The number of aliphatic carboxylic acids is 1. The van der Waals surface area contributed by atoms with E-state index in [1.807, 2.05) is 18.2 Å². The molecule has 0 saturated heterocycles. The van der Waals surface area contributed by atoms with Crippen LogP contribution in [0.1, 0.15) is 28.4 Å². The second-order valence-corrected chi connectivity index (χ2v) is 6.09. The summed E-state index contributed by atoms with van der Waals surface area (Å²) in [4.78, 5) is 15.6. The molecule has 6 nitrogen and oxygen atoms in total. The maximum Gasteiger partial charge on any atom is 1.00 e. The number of pyridine rings is 1. The first-order valence-electron chi connectivity index (χ1n) is 8.57. The summed E-state index contributed by atoms with van der Waals surface area (Å²) in [5.41, 5.74) is 2.35. The van der Waals surface area contributed by atoms with E-state index in [9.17, 15) is 15.2 Å². The second-order valence-electron chi connectivity index (χ2n) is 6.09. The number of nitriles is 1. The predicted molar refractivity (Wildman–Crippen MR) is 99.3 cm³/mol. The van der Waals surface area contributed by atoms with E-state index in [2.05, 4.69) is 4.98 Å². The third-order valence-electron chi connectivity index (χ3n) is 4.16. The van der Waals surface area contributed by atoms with Crippen molar-refractivity contribution < 1.29 is 48.9 Å². The molecular weight excluding hydrogens is 379 g/mol. The number of ether oxygens (including phenoxy) is 2. The van der Waals surface area contributed by atoms with E-state index in [4.69, 9.17) is 9.47 Å². The van der Waals surface area contributed by atoms with Gasteiger partial charge in [0.15, 0.2) is 6.10 Å². The number of hydrogen-bond donors (Lipinski definition) is 0. The van der Waals surface area contributed by atoms with Crippen molar-refractivity contribution >= 4 is 5.97 Å². The SMILES string of the molecule is Cc1ccccc1[C@H](Oc1cc(OCc2ccncc2)ccc1C#N)C(=O)[O-].[Na+]. The first-order valence-corrected chi connectivity index (χ1v) is 8.57. The Morgan fingerprint density at radius 2 is 1.90 bits per heavy atom. The first kappa shape index (κ1) is 22.4. The number of hydrogen-bond acceptors (Lipinski definition) is 6. The third kappa shape index (κ3) is 5.81. The van der Waals surface area contributed by atoms with Crippen LogP contribution in [-0.2, 0) is 11.4 Å². The Morgan fingerprint density at radius 1 is 1.17 bits per heavy atom. The number of benzene rings is 2. The Kier molecular flexibility index (Phi) is 8.22. The average molecular weight is 396 g/mol. The summed E-state index contributed by atoms with van der Waals surface area (Å²) in [7, 11) is 0. The summed E-state index contributed by atoms with van der Waals surface area (Å²) >= 11 is 0. The van der Waals surface area contributed by atoms with Crippen molar-refractivity contribution in [2.75, 3.05) is 0 Å². The van der Waals surface area contributed by atoms with Gasteiger partial charge in [0, 0.05) is 24.0 Å². The quantitative estimate of drug-likeness (QED) is 0.510. The third-order valence-corrected chi connectivity index (χ3v) is 4.16. The molecule has 0 bridgehead atoms. The molecule has 0 N–H and O–H groups in total. The Balaban J connectivity index is 0.00000300. The van der Waals surface area contributed by atoms with Gasteiger partial charge in [0.2, 0.25) is 0 Å². The number of nitrogens with zero attached hydrogens (tertiary/aromatic N) is 2. The van der Waals surface area contributed by atoms with Crippen LogP contribution in [0.2, 0.25) is 0 Å². The minimum atomic E-state index is -1.39. The van der Waals surface area contributed by atoms with Crippen LogP contribution < -0.4 is 44.1 Å². The van der Waals surface area contributed by atoms with E-state index in [0.29, 0.717) is 17.9 Å². The monoisotopic (exact) mass is 396 g/mol. The van der Waals surface area contributed by atoms with Gasteiger partial charge < -0.3 is 19.4 Å². The van der Waals surface area contributed by atoms with E-state index in [1.165, 1.54) is 12.1 Å². The van der Waals surface area contributed by atoms with Crippen LogP contribution >= 0.6 is 0 Å². The van der Waals surface area contributed by atoms with Crippen LogP contribution in [0.4, 0.5) is 0 Å². The van der Waals surface area contributed by atoms with Crippen LogP contribution in [0.5, 0.6) is 11.5 Å². The van der Waals surface area contributed by atoms with Crippen LogP contribution in [0, 0.1) is 18.3 Å². The average Bonchev–Trinajstić information content (AvgIpc) is 2.72. The van der Waals surface area contributed by atoms with Crippen molar-refractivity contribution in [2.45, 2.75) is 19.6 Å². The molecule has 29 heavy (non-hydrogen) atoms. The Labute approximate surface area is 191 Å². The van der Waals surface area contributed by atoms with Crippen molar-refractivity contribution in [2.24, 2.45) is 0 Å². The number of aryl methyl sites for hydroxylation is 1. The van der Waals surface area contributed by atoms with Gasteiger partial charge in [0.25, 0.3) is 0 Å². The zero-order valence-corrected chi connectivity index (χ0v) is 18.2. The summed E-state index contributed by atoms with van der Waals surface area (Å²) in [6, 6.07) is 17.3. The van der Waals surface area contributed by atoms with Gasteiger partial charge in [-0.15, -0.1) is 0 Å². The van der Waals surface area contributed by atoms with Crippen LogP contribution in [-0.4, -0.2) is 11.0 Å². The van der Waals surface area contributed by atoms with Crippen LogP contribution in [0.15, 0.2) is 67.0 Å². The Bertz CT molecular complexity index is 1020. The molecule has 0 amide bonds. The van der Waals surface area contributed by atoms with Crippen molar-refractivity contribution in [1.82, 2.24) is 4.98 Å². The topological polar surface area (TPSA) is 95.3 Å².